The van der Waals surface area contributed by atoms with Gasteiger partial charge in [-0.3, -0.25) is 9.59 Å². The first kappa shape index (κ1) is 30.0. The van der Waals surface area contributed by atoms with E-state index in [0.29, 0.717) is 63.2 Å². The predicted molar refractivity (Wildman–Crippen MR) is 138 cm³/mol. The summed E-state index contributed by atoms with van der Waals surface area (Å²) in [5.41, 5.74) is -0.639. The van der Waals surface area contributed by atoms with Crippen LogP contribution in [0.25, 0.3) is 0 Å². The second-order valence-corrected chi connectivity index (χ2v) is 12.7. The molecule has 0 spiro atoms. The van der Waals surface area contributed by atoms with E-state index in [2.05, 4.69) is 27.7 Å². The number of hydrogen-bond acceptors (Lipinski definition) is 6. The Kier molecular flexibility index (Phi) is 10.6. The molecule has 0 aromatic heterocycles. The number of rotatable bonds is 10. The van der Waals surface area contributed by atoms with E-state index in [1.807, 2.05) is 27.7 Å². The highest BCUT2D eigenvalue weighted by molar-refractivity contribution is 5.70. The number of hydroxylamine groups is 4. The first-order chi connectivity index (χ1) is 16.1. The molecule has 4 atom stereocenters. The van der Waals surface area contributed by atoms with Gasteiger partial charge in [0, 0.05) is 38.5 Å². The van der Waals surface area contributed by atoms with Crippen LogP contribution < -0.4 is 0 Å². The van der Waals surface area contributed by atoms with Gasteiger partial charge in [0.25, 0.3) is 0 Å². The molecule has 0 aliphatic carbocycles. The molecule has 2 rings (SSSR count). The molecular formula is C27H52N2O6+2. The number of nitrogens with zero attached hydrogens (tertiary/aromatic N) is 2. The zero-order valence-corrected chi connectivity index (χ0v) is 23.4. The monoisotopic (exact) mass is 500 g/mol. The van der Waals surface area contributed by atoms with Gasteiger partial charge in [-0.25, -0.2) is 0 Å². The van der Waals surface area contributed by atoms with Gasteiger partial charge in [-0.05, 0) is 52.4 Å². The average molecular weight is 501 g/mol. The zero-order chi connectivity index (χ0) is 26.6. The third kappa shape index (κ3) is 8.41. The second-order valence-electron chi connectivity index (χ2n) is 12.7. The van der Waals surface area contributed by atoms with Crippen molar-refractivity contribution in [3.05, 3.63) is 0 Å². The fraction of sp³-hybridized carbons (Fsp3) is 0.926. The minimum atomic E-state index is -0.319. The Morgan fingerprint density at radius 3 is 1.40 bits per heavy atom. The molecule has 8 nitrogen and oxygen atoms in total. The predicted octanol–water partition coefficient (Wildman–Crippen LogP) is 3.84. The molecule has 0 radical (unpaired) electrons. The molecule has 2 aliphatic heterocycles. The van der Waals surface area contributed by atoms with Crippen LogP contribution in [-0.2, 0) is 19.1 Å². The molecule has 2 heterocycles. The third-order valence-electron chi connectivity index (χ3n) is 7.83. The van der Waals surface area contributed by atoms with Gasteiger partial charge in [-0.15, -0.1) is 0 Å². The first-order valence-corrected chi connectivity index (χ1v) is 13.5. The minimum absolute atomic E-state index is 0.0808. The molecule has 8 heteroatoms. The van der Waals surface area contributed by atoms with Crippen LogP contribution in [0, 0.1) is 11.8 Å². The Labute approximate surface area is 212 Å². The normalized spacial score (nSPS) is 29.4. The van der Waals surface area contributed by atoms with Crippen LogP contribution in [0.1, 0.15) is 113 Å². The largest absolute Gasteiger partial charge is 0.462 e. The van der Waals surface area contributed by atoms with Crippen molar-refractivity contribution in [2.75, 3.05) is 0 Å². The summed E-state index contributed by atoms with van der Waals surface area (Å²) in [6.07, 6.45) is 5.35. The Morgan fingerprint density at radius 2 is 1.09 bits per heavy atom. The molecule has 0 saturated carbocycles. The maximum absolute atomic E-state index is 12.4. The molecular weight excluding hydrogens is 448 g/mol. The smallest absolute Gasteiger partial charge is 0.306 e. The number of carbonyl (C=O) groups is 2. The molecule has 2 fully saturated rings. The maximum atomic E-state index is 12.4. The number of ether oxygens (including phenoxy) is 2. The number of carbonyl (C=O) groups excluding carboxylic acids is 2. The fourth-order valence-corrected chi connectivity index (χ4v) is 5.65. The highest BCUT2D eigenvalue weighted by Gasteiger charge is 2.47. The Hall–Kier alpha value is -1.22. The third-order valence-corrected chi connectivity index (χ3v) is 7.83. The number of hydrogen-bond donors (Lipinski definition) is 0. The fourth-order valence-electron chi connectivity index (χ4n) is 5.65. The summed E-state index contributed by atoms with van der Waals surface area (Å²) in [6.45, 7) is 16.6. The zero-order valence-electron chi connectivity index (χ0n) is 23.4. The lowest BCUT2D eigenvalue weighted by Gasteiger charge is -2.44. The van der Waals surface area contributed by atoms with E-state index in [0.717, 1.165) is 6.42 Å². The van der Waals surface area contributed by atoms with Crippen LogP contribution in [0.3, 0.4) is 0 Å². The topological polar surface area (TPSA) is 105 Å². The summed E-state index contributed by atoms with van der Waals surface area (Å²) < 4.78 is 11.6. The van der Waals surface area contributed by atoms with Crippen molar-refractivity contribution in [2.45, 2.75) is 149 Å². The van der Waals surface area contributed by atoms with Crippen molar-refractivity contribution < 1.29 is 29.5 Å². The van der Waals surface area contributed by atoms with Crippen molar-refractivity contribution >= 4 is 11.9 Å². The quantitative estimate of drug-likeness (QED) is 0.256. The molecule has 0 aromatic rings. The van der Waals surface area contributed by atoms with Crippen LogP contribution >= 0.6 is 0 Å². The van der Waals surface area contributed by atoms with E-state index < -0.39 is 0 Å². The van der Waals surface area contributed by atoms with E-state index in [4.69, 9.17) is 19.9 Å². The van der Waals surface area contributed by atoms with Gasteiger partial charge in [0.15, 0.2) is 0 Å². The van der Waals surface area contributed by atoms with E-state index in [9.17, 15) is 9.59 Å². The Bertz CT molecular complexity index is 650. The molecule has 4 N–H and O–H groups in total. The van der Waals surface area contributed by atoms with Crippen molar-refractivity contribution in [3.8, 4) is 0 Å². The molecule has 0 amide bonds. The van der Waals surface area contributed by atoms with E-state index in [-0.39, 0.29) is 47.3 Å². The van der Waals surface area contributed by atoms with Crippen molar-refractivity contribution in [1.82, 2.24) is 10.1 Å². The lowest BCUT2D eigenvalue weighted by atomic mass is 9.82. The van der Waals surface area contributed by atoms with Crippen LogP contribution in [0.5, 0.6) is 0 Å². The average Bonchev–Trinajstić information content (AvgIpc) is 2.71. The summed E-state index contributed by atoms with van der Waals surface area (Å²) in [7, 11) is 0. The number of piperidine rings is 2. The second kappa shape index (κ2) is 12.3. The van der Waals surface area contributed by atoms with Crippen molar-refractivity contribution in [2.24, 2.45) is 11.8 Å². The molecule has 204 valence electrons. The highest BCUT2D eigenvalue weighted by Crippen LogP contribution is 2.36. The van der Waals surface area contributed by atoms with Gasteiger partial charge in [0.1, 0.15) is 12.2 Å². The molecule has 0 aromatic carbocycles. The first-order valence-electron chi connectivity index (χ1n) is 13.5. The van der Waals surface area contributed by atoms with Gasteiger partial charge in [0.05, 0.1) is 23.2 Å². The molecule has 4 unspecified atom stereocenters. The number of esters is 2. The molecule has 2 aliphatic rings. The summed E-state index contributed by atoms with van der Waals surface area (Å²) >= 11 is 0. The SMILES string of the molecule is CC(C)C1CC(OC(=O)CCCCCC(=O)OC2CC(C(C)C)N([OH2+])C(C)(C)C2)CC(C)(C)N1[OH2+]. The van der Waals surface area contributed by atoms with Crippen molar-refractivity contribution in [3.63, 3.8) is 0 Å². The van der Waals surface area contributed by atoms with E-state index in [1.165, 1.54) is 0 Å². The van der Waals surface area contributed by atoms with Gasteiger partial charge in [0.2, 0.25) is 0 Å². The van der Waals surface area contributed by atoms with Gasteiger partial charge in [-0.1, -0.05) is 44.2 Å². The highest BCUT2D eigenvalue weighted by atomic mass is 16.6. The minimum Gasteiger partial charge on any atom is -0.462 e. The number of unbranched alkanes of at least 4 members (excludes halogenated alkanes) is 2. The summed E-state index contributed by atoms with van der Waals surface area (Å²) in [4.78, 5) is 24.8. The van der Waals surface area contributed by atoms with Crippen LogP contribution in [-0.4, -0.2) is 67.8 Å². The van der Waals surface area contributed by atoms with E-state index >= 15 is 0 Å². The van der Waals surface area contributed by atoms with Gasteiger partial charge in [-0.2, -0.15) is 0 Å². The lowest BCUT2D eigenvalue weighted by molar-refractivity contribution is -0.239. The molecule has 0 bridgehead atoms. The maximum Gasteiger partial charge on any atom is 0.306 e. The molecule has 2 saturated heterocycles. The van der Waals surface area contributed by atoms with Gasteiger partial charge >= 0.3 is 11.9 Å². The molecule has 35 heavy (non-hydrogen) atoms. The van der Waals surface area contributed by atoms with Crippen LogP contribution in [0.2, 0.25) is 0 Å². The summed E-state index contributed by atoms with van der Waals surface area (Å²) in [5.74, 6) is 0.293. The lowest BCUT2D eigenvalue weighted by Crippen LogP contribution is -2.57. The summed E-state index contributed by atoms with van der Waals surface area (Å²) in [5, 5.41) is 20.2. The standard InChI is InChI=1S/C27H50N2O6/c1-18(2)22-14-20(16-26(5,6)28(22)32)34-24(30)12-10-9-11-13-25(31)35-21-15-23(19(3)4)29(33)27(7,8)17-21/h18-23,32-33H,9-17H2,1-8H3/p+2. The van der Waals surface area contributed by atoms with E-state index in [1.54, 1.807) is 10.1 Å². The van der Waals surface area contributed by atoms with Gasteiger partial charge < -0.3 is 19.9 Å². The van der Waals surface area contributed by atoms with Crippen LogP contribution in [0.15, 0.2) is 0 Å². The Balaban J connectivity index is 1.68. The van der Waals surface area contributed by atoms with Crippen LogP contribution in [0.4, 0.5) is 0 Å². The Morgan fingerprint density at radius 1 is 0.743 bits per heavy atom. The van der Waals surface area contributed by atoms with Crippen molar-refractivity contribution in [1.29, 1.82) is 0 Å². The summed E-state index contributed by atoms with van der Waals surface area (Å²) in [6, 6.07) is 0.162.